The van der Waals surface area contributed by atoms with Crippen molar-refractivity contribution in [2.75, 3.05) is 18.1 Å². The molecule has 0 aliphatic carbocycles. The molecule has 0 aromatic carbocycles. The summed E-state index contributed by atoms with van der Waals surface area (Å²) in [6.07, 6.45) is 3.78. The molecule has 0 saturated heterocycles. The van der Waals surface area contributed by atoms with E-state index in [1.54, 1.807) is 18.0 Å². The predicted molar refractivity (Wildman–Crippen MR) is 82.5 cm³/mol. The van der Waals surface area contributed by atoms with Crippen molar-refractivity contribution in [3.63, 3.8) is 0 Å². The molecule has 0 aliphatic rings. The van der Waals surface area contributed by atoms with Crippen molar-refractivity contribution in [2.45, 2.75) is 32.6 Å². The first-order valence-electron chi connectivity index (χ1n) is 5.98. The quantitative estimate of drug-likeness (QED) is 0.869. The van der Waals surface area contributed by atoms with E-state index >= 15 is 0 Å². The van der Waals surface area contributed by atoms with Crippen LogP contribution in [0.3, 0.4) is 0 Å². The maximum absolute atomic E-state index is 12.0. The molecule has 102 valence electrons. The highest BCUT2D eigenvalue weighted by Gasteiger charge is 2.10. The van der Waals surface area contributed by atoms with Gasteiger partial charge in [0.15, 0.2) is 0 Å². The van der Waals surface area contributed by atoms with Crippen molar-refractivity contribution >= 4 is 33.4 Å². The molecule has 4 nitrogen and oxygen atoms in total. The number of anilines is 1. The third-order valence-corrected chi connectivity index (χ3v) is 4.24. The smallest absolute Gasteiger partial charge is 0.283 e. The molecule has 1 aromatic rings. The Labute approximate surface area is 121 Å². The lowest BCUT2D eigenvalue weighted by Gasteiger charge is -2.13. The van der Waals surface area contributed by atoms with E-state index in [1.165, 1.54) is 4.68 Å². The van der Waals surface area contributed by atoms with Gasteiger partial charge in [0, 0.05) is 18.3 Å². The Bertz CT molecular complexity index is 447. The molecule has 0 amide bonds. The first-order valence-corrected chi connectivity index (χ1v) is 8.06. The molecule has 1 unspecified atom stereocenters. The van der Waals surface area contributed by atoms with Crippen LogP contribution in [0, 0.1) is 5.92 Å². The maximum Gasteiger partial charge on any atom is 0.283 e. The van der Waals surface area contributed by atoms with Gasteiger partial charge in [-0.1, -0.05) is 20.8 Å². The normalized spacial score (nSPS) is 12.8. The summed E-state index contributed by atoms with van der Waals surface area (Å²) >= 11 is 5.13. The Hall–Kier alpha value is -0.490. The molecule has 6 heteroatoms. The maximum atomic E-state index is 12.0. The fourth-order valence-corrected chi connectivity index (χ4v) is 2.10. The number of rotatable bonds is 6. The third kappa shape index (κ3) is 4.31. The van der Waals surface area contributed by atoms with E-state index in [1.807, 2.05) is 0 Å². The molecule has 0 saturated carbocycles. The van der Waals surface area contributed by atoms with Crippen molar-refractivity contribution in [1.29, 1.82) is 0 Å². The zero-order valence-corrected chi connectivity index (χ0v) is 13.6. The predicted octanol–water partition coefficient (Wildman–Crippen LogP) is 2.83. The van der Waals surface area contributed by atoms with E-state index < -0.39 is 0 Å². The highest BCUT2D eigenvalue weighted by atomic mass is 79.9. The molecule has 1 aromatic heterocycles. The van der Waals surface area contributed by atoms with Gasteiger partial charge >= 0.3 is 0 Å². The van der Waals surface area contributed by atoms with Crippen LogP contribution in [0.25, 0.3) is 0 Å². The molecule has 0 radical (unpaired) electrons. The van der Waals surface area contributed by atoms with Crippen LogP contribution in [-0.2, 0) is 6.54 Å². The Morgan fingerprint density at radius 1 is 1.50 bits per heavy atom. The summed E-state index contributed by atoms with van der Waals surface area (Å²) in [6, 6.07) is 0. The van der Waals surface area contributed by atoms with Crippen molar-refractivity contribution in [2.24, 2.45) is 5.92 Å². The van der Waals surface area contributed by atoms with E-state index in [2.05, 4.69) is 53.4 Å². The topological polar surface area (TPSA) is 46.9 Å². The second kappa shape index (κ2) is 7.19. The van der Waals surface area contributed by atoms with Gasteiger partial charge in [0.05, 0.1) is 11.9 Å². The average Bonchev–Trinajstić information content (AvgIpc) is 2.33. The molecular formula is C12H20BrN3OS. The molecule has 1 rings (SSSR count). The number of hydrogen-bond donors (Lipinski definition) is 1. The van der Waals surface area contributed by atoms with E-state index in [-0.39, 0.29) is 5.56 Å². The Balaban J connectivity index is 2.84. The summed E-state index contributed by atoms with van der Waals surface area (Å²) in [6.45, 7) is 7.72. The summed E-state index contributed by atoms with van der Waals surface area (Å²) in [4.78, 5) is 12.0. The van der Waals surface area contributed by atoms with E-state index in [9.17, 15) is 4.79 Å². The number of thioether (sulfide) groups is 1. The summed E-state index contributed by atoms with van der Waals surface area (Å²) in [5.74, 6) is 0.400. The molecular weight excluding hydrogens is 314 g/mol. The van der Waals surface area contributed by atoms with Crippen molar-refractivity contribution in [3.05, 3.63) is 21.0 Å². The van der Waals surface area contributed by atoms with Crippen molar-refractivity contribution in [1.82, 2.24) is 9.78 Å². The monoisotopic (exact) mass is 333 g/mol. The van der Waals surface area contributed by atoms with Crippen molar-refractivity contribution < 1.29 is 0 Å². The second-order valence-corrected chi connectivity index (χ2v) is 6.75. The van der Waals surface area contributed by atoms with Crippen LogP contribution in [0.2, 0.25) is 0 Å². The fraction of sp³-hybridized carbons (Fsp3) is 0.667. The highest BCUT2D eigenvalue weighted by molar-refractivity contribution is 9.10. The summed E-state index contributed by atoms with van der Waals surface area (Å²) in [7, 11) is 0. The van der Waals surface area contributed by atoms with Crippen LogP contribution in [0.4, 0.5) is 5.69 Å². The zero-order valence-electron chi connectivity index (χ0n) is 11.2. The molecule has 0 spiro atoms. The van der Waals surface area contributed by atoms with Crippen LogP contribution in [0.1, 0.15) is 20.8 Å². The van der Waals surface area contributed by atoms with E-state index in [4.69, 9.17) is 0 Å². The summed E-state index contributed by atoms with van der Waals surface area (Å²) < 4.78 is 2.06. The van der Waals surface area contributed by atoms with Crippen LogP contribution in [0.5, 0.6) is 0 Å². The minimum Gasteiger partial charge on any atom is -0.382 e. The van der Waals surface area contributed by atoms with Gasteiger partial charge in [-0.3, -0.25) is 4.79 Å². The molecule has 1 heterocycles. The standard InChI is InChI=1S/C12H20BrN3OS/c1-8(2)7-16-12(17)11(13)10(6-15-16)14-5-9(3)18-4/h6,8-9,14H,5,7H2,1-4H3. The SMILES string of the molecule is CSC(C)CNc1cnn(CC(C)C)c(=O)c1Br. The first-order chi connectivity index (χ1) is 8.45. The minimum atomic E-state index is -0.0782. The molecule has 1 N–H and O–H groups in total. The lowest BCUT2D eigenvalue weighted by molar-refractivity contribution is 0.462. The van der Waals surface area contributed by atoms with Gasteiger partial charge in [-0.05, 0) is 28.1 Å². The number of aromatic nitrogens is 2. The number of hydrogen-bond acceptors (Lipinski definition) is 4. The molecule has 0 fully saturated rings. The van der Waals surface area contributed by atoms with Gasteiger partial charge < -0.3 is 5.32 Å². The number of nitrogens with one attached hydrogen (secondary N) is 1. The van der Waals surface area contributed by atoms with Gasteiger partial charge in [0.1, 0.15) is 4.47 Å². The average molecular weight is 334 g/mol. The third-order valence-electron chi connectivity index (χ3n) is 2.51. The zero-order chi connectivity index (χ0) is 13.7. The molecule has 18 heavy (non-hydrogen) atoms. The second-order valence-electron chi connectivity index (χ2n) is 4.68. The highest BCUT2D eigenvalue weighted by Crippen LogP contribution is 2.17. The molecule has 0 bridgehead atoms. The van der Waals surface area contributed by atoms with Gasteiger partial charge in [-0.15, -0.1) is 0 Å². The number of halogens is 1. The largest absolute Gasteiger partial charge is 0.382 e. The van der Waals surface area contributed by atoms with E-state index in [0.29, 0.717) is 22.2 Å². The Morgan fingerprint density at radius 2 is 2.17 bits per heavy atom. The van der Waals surface area contributed by atoms with E-state index in [0.717, 1.165) is 12.2 Å². The first kappa shape index (κ1) is 15.6. The lowest BCUT2D eigenvalue weighted by atomic mass is 10.2. The molecule has 0 aliphatic heterocycles. The number of nitrogens with zero attached hydrogens (tertiary/aromatic N) is 2. The van der Waals surface area contributed by atoms with Gasteiger partial charge in [-0.25, -0.2) is 4.68 Å². The Morgan fingerprint density at radius 3 is 2.72 bits per heavy atom. The molecule has 1 atom stereocenters. The lowest BCUT2D eigenvalue weighted by Crippen LogP contribution is -2.27. The van der Waals surface area contributed by atoms with Crippen LogP contribution in [0.15, 0.2) is 15.5 Å². The fourth-order valence-electron chi connectivity index (χ4n) is 1.40. The minimum absolute atomic E-state index is 0.0782. The van der Waals surface area contributed by atoms with Crippen molar-refractivity contribution in [3.8, 4) is 0 Å². The van der Waals surface area contributed by atoms with Crippen LogP contribution >= 0.6 is 27.7 Å². The van der Waals surface area contributed by atoms with Gasteiger partial charge in [0.25, 0.3) is 5.56 Å². The summed E-state index contributed by atoms with van der Waals surface area (Å²) in [5.41, 5.74) is 0.686. The van der Waals surface area contributed by atoms with Crippen LogP contribution < -0.4 is 10.9 Å². The van der Waals surface area contributed by atoms with Gasteiger partial charge in [-0.2, -0.15) is 16.9 Å². The Kier molecular flexibility index (Phi) is 6.21. The van der Waals surface area contributed by atoms with Gasteiger partial charge in [0.2, 0.25) is 0 Å². The summed E-state index contributed by atoms with van der Waals surface area (Å²) in [5, 5.41) is 7.92. The van der Waals surface area contributed by atoms with Crippen LogP contribution in [-0.4, -0.2) is 27.8 Å².